The summed E-state index contributed by atoms with van der Waals surface area (Å²) in [5.74, 6) is 0.520. The van der Waals surface area contributed by atoms with Crippen LogP contribution in [0.2, 0.25) is 0 Å². The predicted molar refractivity (Wildman–Crippen MR) is 28.5 cm³/mol. The quantitative estimate of drug-likeness (QED) is 0.622. The first-order chi connectivity index (χ1) is 4.33. The van der Waals surface area contributed by atoms with Gasteiger partial charge in [0.1, 0.15) is 0 Å². The summed E-state index contributed by atoms with van der Waals surface area (Å²) in [6.07, 6.45) is 0. The molecule has 0 aromatic carbocycles. The zero-order chi connectivity index (χ0) is 6.69. The third kappa shape index (κ3) is 1.71. The maximum absolute atomic E-state index is 5.05. The minimum absolute atomic E-state index is 0.520. The van der Waals surface area contributed by atoms with Crippen molar-refractivity contribution in [1.82, 2.24) is 0 Å². The van der Waals surface area contributed by atoms with E-state index in [0.29, 0.717) is 5.95 Å². The Kier molecular flexibility index (Phi) is 2.10. The van der Waals surface area contributed by atoms with Gasteiger partial charge in [0, 0.05) is 0 Å². The van der Waals surface area contributed by atoms with Crippen molar-refractivity contribution in [3.8, 4) is 5.95 Å². The van der Waals surface area contributed by atoms with E-state index in [-0.39, 0.29) is 0 Å². The number of hydrogen-bond donors (Lipinski definition) is 0. The zero-order valence-electron chi connectivity index (χ0n) is 4.96. The van der Waals surface area contributed by atoms with E-state index in [4.69, 9.17) is 9.15 Å². The van der Waals surface area contributed by atoms with Crippen LogP contribution in [-0.2, 0) is 15.9 Å². The van der Waals surface area contributed by atoms with Crippen molar-refractivity contribution >= 4 is 0 Å². The molecule has 0 aliphatic heterocycles. The monoisotopic (exact) mass is 162 g/mol. The van der Waals surface area contributed by atoms with Gasteiger partial charge in [-0.25, -0.2) is 0 Å². The predicted octanol–water partition coefficient (Wildman–Crippen LogP) is 1.37. The summed E-state index contributed by atoms with van der Waals surface area (Å²) >= 11 is 2.73. The average molecular weight is 162 g/mol. The third-order valence-electron chi connectivity index (χ3n) is 0.867. The van der Waals surface area contributed by atoms with Gasteiger partial charge in [-0.3, -0.25) is 0 Å². The zero-order valence-corrected chi connectivity index (χ0v) is 6.23. The molecule has 0 saturated carbocycles. The van der Waals surface area contributed by atoms with Gasteiger partial charge in [-0.1, -0.05) is 0 Å². The van der Waals surface area contributed by atoms with Gasteiger partial charge in [0.05, 0.1) is 0 Å². The maximum atomic E-state index is 5.05. The molecule has 9 heavy (non-hydrogen) atoms. The van der Waals surface area contributed by atoms with Crippen molar-refractivity contribution < 1.29 is 25.0 Å². The molecule has 0 N–H and O–H groups in total. The fourth-order valence-electron chi connectivity index (χ4n) is 0.482. The van der Waals surface area contributed by atoms with E-state index in [1.165, 1.54) is 0 Å². The van der Waals surface area contributed by atoms with E-state index in [1.807, 2.05) is 12.1 Å². The van der Waals surface area contributed by atoms with E-state index < -0.39 is 0 Å². The Morgan fingerprint density at radius 3 is 2.78 bits per heavy atom. The standard InChI is InChI=1S/C6H6O2.Cr/c1-7-6-4-2-3-5-8-6;/h2-4H,1H3;. The van der Waals surface area contributed by atoms with E-state index in [9.17, 15) is 0 Å². The van der Waals surface area contributed by atoms with Gasteiger partial charge < -0.3 is 0 Å². The van der Waals surface area contributed by atoms with Crippen LogP contribution in [0.4, 0.5) is 0 Å². The molecule has 1 rings (SSSR count). The molecule has 2 nitrogen and oxygen atoms in total. The molecule has 0 spiro atoms. The minimum atomic E-state index is 0.520. The molecule has 3 heteroatoms. The van der Waals surface area contributed by atoms with Gasteiger partial charge in [-0.2, -0.15) is 0 Å². The third-order valence-corrected chi connectivity index (χ3v) is 1.21. The summed E-state index contributed by atoms with van der Waals surface area (Å²) in [6, 6.07) is 5.43. The summed E-state index contributed by atoms with van der Waals surface area (Å²) in [5.41, 5.74) is 0. The fraction of sp³-hybridized carbons (Fsp3) is 0.167. The van der Waals surface area contributed by atoms with Crippen LogP contribution in [0.25, 0.3) is 0 Å². The van der Waals surface area contributed by atoms with Crippen molar-refractivity contribution in [3.05, 3.63) is 22.4 Å². The van der Waals surface area contributed by atoms with Crippen LogP contribution in [0, 0.1) is 4.22 Å². The summed E-state index contributed by atoms with van der Waals surface area (Å²) in [7, 11) is 1.57. The average Bonchev–Trinajstić information content (AvgIpc) is 1.88. The van der Waals surface area contributed by atoms with Gasteiger partial charge in [0.2, 0.25) is 0 Å². The van der Waals surface area contributed by atoms with Crippen LogP contribution in [-0.4, -0.2) is 7.11 Å². The van der Waals surface area contributed by atoms with Crippen molar-refractivity contribution in [2.45, 2.75) is 0 Å². The number of rotatable bonds is 1. The van der Waals surface area contributed by atoms with E-state index in [1.54, 1.807) is 13.2 Å². The van der Waals surface area contributed by atoms with Gasteiger partial charge in [0.15, 0.2) is 0 Å². The molecule has 0 aliphatic rings. The summed E-state index contributed by atoms with van der Waals surface area (Å²) < 4.78 is 10.6. The van der Waals surface area contributed by atoms with E-state index in [0.717, 1.165) is 4.22 Å². The van der Waals surface area contributed by atoms with Crippen LogP contribution < -0.4 is 4.74 Å². The van der Waals surface area contributed by atoms with Crippen LogP contribution in [0.5, 0.6) is 5.95 Å². The van der Waals surface area contributed by atoms with Crippen molar-refractivity contribution in [2.24, 2.45) is 0 Å². The SMILES string of the molecule is COc1ccc[c](=[Cr])o1. The van der Waals surface area contributed by atoms with Gasteiger partial charge in [0.25, 0.3) is 0 Å². The molecular formula is C6H6CrO2. The molecular weight excluding hydrogens is 156 g/mol. The molecule has 1 aromatic rings. The van der Waals surface area contributed by atoms with Crippen molar-refractivity contribution in [3.63, 3.8) is 0 Å². The Hall–Kier alpha value is -0.518. The molecule has 0 atom stereocenters. The molecule has 0 amide bonds. The van der Waals surface area contributed by atoms with Crippen LogP contribution in [0.15, 0.2) is 22.6 Å². The van der Waals surface area contributed by atoms with Crippen molar-refractivity contribution in [1.29, 1.82) is 0 Å². The molecule has 0 radical (unpaired) electrons. The first-order valence-corrected chi connectivity index (χ1v) is 3.11. The molecule has 1 aromatic heterocycles. The topological polar surface area (TPSA) is 22.4 Å². The van der Waals surface area contributed by atoms with Gasteiger partial charge in [-0.05, 0) is 0 Å². The molecule has 0 unspecified atom stereocenters. The second-order valence-electron chi connectivity index (χ2n) is 1.47. The Labute approximate surface area is 61.0 Å². The van der Waals surface area contributed by atoms with E-state index >= 15 is 0 Å². The summed E-state index contributed by atoms with van der Waals surface area (Å²) in [6.45, 7) is 0. The molecule has 0 aliphatic carbocycles. The Bertz CT molecular complexity index is 241. The summed E-state index contributed by atoms with van der Waals surface area (Å²) in [4.78, 5) is 0. The Morgan fingerprint density at radius 2 is 2.33 bits per heavy atom. The van der Waals surface area contributed by atoms with Crippen LogP contribution >= 0.6 is 0 Å². The number of methoxy groups -OCH3 is 1. The van der Waals surface area contributed by atoms with Gasteiger partial charge in [-0.15, -0.1) is 0 Å². The number of hydrogen-bond acceptors (Lipinski definition) is 2. The van der Waals surface area contributed by atoms with E-state index in [2.05, 4.69) is 15.9 Å². The van der Waals surface area contributed by atoms with Gasteiger partial charge >= 0.3 is 60.5 Å². The molecule has 1 heterocycles. The van der Waals surface area contributed by atoms with Crippen molar-refractivity contribution in [2.75, 3.05) is 7.11 Å². The summed E-state index contributed by atoms with van der Waals surface area (Å²) in [5, 5.41) is 0. The van der Waals surface area contributed by atoms with Crippen LogP contribution in [0.3, 0.4) is 0 Å². The number of ether oxygens (including phenoxy) is 1. The molecule has 0 fully saturated rings. The normalized spacial score (nSPS) is 9.00. The fourth-order valence-corrected chi connectivity index (χ4v) is 0.733. The second-order valence-corrected chi connectivity index (χ2v) is 2.10. The Morgan fingerprint density at radius 1 is 1.56 bits per heavy atom. The molecule has 0 saturated heterocycles. The molecule has 48 valence electrons. The first kappa shape index (κ1) is 6.60. The molecule has 0 bridgehead atoms. The van der Waals surface area contributed by atoms with Crippen LogP contribution in [0.1, 0.15) is 0 Å². The first-order valence-electron chi connectivity index (χ1n) is 2.47. The second kappa shape index (κ2) is 2.86. The Balaban J connectivity index is 3.08.